The van der Waals surface area contributed by atoms with Crippen molar-refractivity contribution in [1.82, 2.24) is 15.5 Å². The Morgan fingerprint density at radius 1 is 1.16 bits per heavy atom. The van der Waals surface area contributed by atoms with Crippen LogP contribution in [0, 0.1) is 5.92 Å². The summed E-state index contributed by atoms with van der Waals surface area (Å²) in [6.07, 6.45) is 1.82. The third kappa shape index (κ3) is 10.5. The van der Waals surface area contributed by atoms with Gasteiger partial charge in [-0.25, -0.2) is 4.99 Å². The molecule has 174 valence electrons. The van der Waals surface area contributed by atoms with Gasteiger partial charge >= 0.3 is 6.18 Å². The Morgan fingerprint density at radius 3 is 2.55 bits per heavy atom. The van der Waals surface area contributed by atoms with Gasteiger partial charge in [-0.05, 0) is 29.9 Å². The average Bonchev–Trinajstić information content (AvgIpc) is 2.73. The van der Waals surface area contributed by atoms with Crippen LogP contribution in [0.25, 0.3) is 0 Å². The zero-order valence-electron chi connectivity index (χ0n) is 18.3. The number of guanidine groups is 1. The summed E-state index contributed by atoms with van der Waals surface area (Å²) in [6, 6.07) is 7.14. The number of carbonyl (C=O) groups excluding carboxylic acids is 1. The van der Waals surface area contributed by atoms with E-state index >= 15 is 0 Å². The van der Waals surface area contributed by atoms with Gasteiger partial charge in [0.25, 0.3) is 0 Å². The Labute approximate surface area is 182 Å². The number of benzene rings is 1. The van der Waals surface area contributed by atoms with Crippen molar-refractivity contribution in [3.63, 3.8) is 0 Å². The first-order valence-electron chi connectivity index (χ1n) is 10.7. The lowest BCUT2D eigenvalue weighted by Crippen LogP contribution is -2.44. The van der Waals surface area contributed by atoms with Gasteiger partial charge in [-0.2, -0.15) is 13.2 Å². The van der Waals surface area contributed by atoms with Gasteiger partial charge < -0.3 is 20.3 Å². The third-order valence-corrected chi connectivity index (χ3v) is 5.13. The van der Waals surface area contributed by atoms with Crippen LogP contribution in [0.4, 0.5) is 13.2 Å². The van der Waals surface area contributed by atoms with Crippen molar-refractivity contribution in [1.29, 1.82) is 0 Å². The lowest BCUT2D eigenvalue weighted by Gasteiger charge is -2.23. The summed E-state index contributed by atoms with van der Waals surface area (Å²) >= 11 is 0. The third-order valence-electron chi connectivity index (χ3n) is 5.13. The number of amides is 1. The fourth-order valence-corrected chi connectivity index (χ4v) is 3.40. The number of hydrogen-bond acceptors (Lipinski definition) is 3. The van der Waals surface area contributed by atoms with Crippen LogP contribution in [0.15, 0.2) is 29.3 Å². The molecule has 1 aromatic rings. The Bertz CT molecular complexity index is 717. The first kappa shape index (κ1) is 25.0. The van der Waals surface area contributed by atoms with Crippen LogP contribution in [0.3, 0.4) is 0 Å². The second-order valence-corrected chi connectivity index (χ2v) is 8.12. The fourth-order valence-electron chi connectivity index (χ4n) is 3.40. The summed E-state index contributed by atoms with van der Waals surface area (Å²) in [6.45, 7) is -0.112. The first-order chi connectivity index (χ1) is 14.7. The molecule has 0 unspecified atom stereocenters. The minimum absolute atomic E-state index is 0.0593. The minimum Gasteiger partial charge on any atom is -0.367 e. The van der Waals surface area contributed by atoms with Crippen molar-refractivity contribution < 1.29 is 22.7 Å². The molecule has 2 N–H and O–H groups in total. The minimum atomic E-state index is -4.34. The first-order valence-corrected chi connectivity index (χ1v) is 10.7. The van der Waals surface area contributed by atoms with E-state index < -0.39 is 12.8 Å². The van der Waals surface area contributed by atoms with E-state index in [0.717, 1.165) is 12.1 Å². The van der Waals surface area contributed by atoms with Crippen LogP contribution in [-0.4, -0.2) is 56.7 Å². The molecule has 9 heteroatoms. The molecule has 1 amide bonds. The molecule has 0 saturated heterocycles. The topological polar surface area (TPSA) is 66.0 Å². The summed E-state index contributed by atoms with van der Waals surface area (Å²) in [5.41, 5.74) is 1.51. The van der Waals surface area contributed by atoms with E-state index in [1.165, 1.54) is 37.0 Å². The maximum Gasteiger partial charge on any atom is 0.411 e. The van der Waals surface area contributed by atoms with E-state index in [1.807, 2.05) is 6.07 Å². The maximum atomic E-state index is 12.2. The summed E-state index contributed by atoms with van der Waals surface area (Å²) in [4.78, 5) is 18.0. The van der Waals surface area contributed by atoms with Crippen molar-refractivity contribution in [3.05, 3.63) is 35.4 Å². The number of nitrogens with one attached hydrogen (secondary N) is 2. The lowest BCUT2D eigenvalue weighted by atomic mass is 9.89. The number of likely N-dealkylation sites (N-methyl/N-ethyl adjacent to an activating group) is 1. The van der Waals surface area contributed by atoms with Crippen LogP contribution < -0.4 is 10.6 Å². The lowest BCUT2D eigenvalue weighted by molar-refractivity contribution is -0.176. The summed E-state index contributed by atoms with van der Waals surface area (Å²) in [7, 11) is 3.39. The zero-order valence-corrected chi connectivity index (χ0v) is 18.3. The smallest absolute Gasteiger partial charge is 0.367 e. The average molecular weight is 443 g/mol. The molecular formula is C22H33F3N4O2. The molecule has 1 aliphatic carbocycles. The molecule has 0 bridgehead atoms. The van der Waals surface area contributed by atoms with Crippen LogP contribution in [-0.2, 0) is 22.7 Å². The number of carbonyl (C=O) groups is 1. The molecular weight excluding hydrogens is 409 g/mol. The number of rotatable bonds is 9. The molecule has 2 rings (SSSR count). The second kappa shape index (κ2) is 12.5. The molecule has 0 atom stereocenters. The van der Waals surface area contributed by atoms with Gasteiger partial charge in [-0.15, -0.1) is 0 Å². The van der Waals surface area contributed by atoms with Crippen molar-refractivity contribution in [2.24, 2.45) is 10.9 Å². The van der Waals surface area contributed by atoms with Crippen molar-refractivity contribution in [2.75, 3.05) is 33.8 Å². The van der Waals surface area contributed by atoms with Gasteiger partial charge in [-0.3, -0.25) is 4.79 Å². The molecule has 1 fully saturated rings. The predicted octanol–water partition coefficient (Wildman–Crippen LogP) is 3.47. The zero-order chi connectivity index (χ0) is 22.7. The van der Waals surface area contributed by atoms with E-state index in [9.17, 15) is 18.0 Å². The molecule has 31 heavy (non-hydrogen) atoms. The van der Waals surface area contributed by atoms with Crippen molar-refractivity contribution in [3.8, 4) is 0 Å². The Balaban J connectivity index is 1.95. The quantitative estimate of drug-likeness (QED) is 0.454. The molecule has 0 aromatic heterocycles. The number of aliphatic imine (C=N–C) groups is 1. The number of halogens is 3. The largest absolute Gasteiger partial charge is 0.411 e. The monoisotopic (exact) mass is 442 g/mol. The normalized spacial score (nSPS) is 15.6. The number of hydrogen-bond donors (Lipinski definition) is 2. The van der Waals surface area contributed by atoms with Gasteiger partial charge in [0.15, 0.2) is 5.96 Å². The van der Waals surface area contributed by atoms with E-state index in [0.29, 0.717) is 24.0 Å². The summed E-state index contributed by atoms with van der Waals surface area (Å²) < 4.78 is 41.5. The standard InChI is InChI=1S/C22H33F3N4O2/c1-29(2)20(30)14-28-21(26-12-17-7-4-3-5-8-17)27-13-18-9-6-10-19(11-18)15-31-16-22(23,24)25/h6,9-11,17H,3-5,7-8,12-16H2,1-2H3,(H2,26,27,28). The highest BCUT2D eigenvalue weighted by Crippen LogP contribution is 2.22. The Hall–Kier alpha value is -2.29. The van der Waals surface area contributed by atoms with Gasteiger partial charge in [0.1, 0.15) is 6.61 Å². The Morgan fingerprint density at radius 2 is 1.87 bits per heavy atom. The Kier molecular flexibility index (Phi) is 10.1. The van der Waals surface area contributed by atoms with Crippen molar-refractivity contribution in [2.45, 2.75) is 51.4 Å². The summed E-state index contributed by atoms with van der Waals surface area (Å²) in [5.74, 6) is 1.09. The van der Waals surface area contributed by atoms with E-state index in [2.05, 4.69) is 15.6 Å². The maximum absolute atomic E-state index is 12.2. The second-order valence-electron chi connectivity index (χ2n) is 8.12. The van der Waals surface area contributed by atoms with E-state index in [-0.39, 0.29) is 19.1 Å². The van der Waals surface area contributed by atoms with Crippen LogP contribution >= 0.6 is 0 Å². The van der Waals surface area contributed by atoms with Crippen LogP contribution in [0.2, 0.25) is 0 Å². The van der Waals surface area contributed by atoms with Gasteiger partial charge in [-0.1, -0.05) is 43.5 Å². The fraction of sp³-hybridized carbons (Fsp3) is 0.636. The highest BCUT2D eigenvalue weighted by Gasteiger charge is 2.27. The molecule has 0 heterocycles. The molecule has 6 nitrogen and oxygen atoms in total. The summed E-state index contributed by atoms with van der Waals surface area (Å²) in [5, 5.41) is 6.41. The molecule has 0 spiro atoms. The van der Waals surface area contributed by atoms with Crippen LogP contribution in [0.1, 0.15) is 43.2 Å². The van der Waals surface area contributed by atoms with Gasteiger partial charge in [0.05, 0.1) is 19.7 Å². The SMILES string of the molecule is CN(C)C(=O)CNC(=NCc1cccc(COCC(F)(F)F)c1)NCC1CCCCC1. The van der Waals surface area contributed by atoms with Crippen molar-refractivity contribution >= 4 is 11.9 Å². The highest BCUT2D eigenvalue weighted by molar-refractivity contribution is 5.86. The van der Waals surface area contributed by atoms with Gasteiger partial charge in [0, 0.05) is 20.6 Å². The highest BCUT2D eigenvalue weighted by atomic mass is 19.4. The number of ether oxygens (including phenoxy) is 1. The number of nitrogens with zero attached hydrogens (tertiary/aromatic N) is 2. The number of alkyl halides is 3. The molecule has 0 radical (unpaired) electrons. The molecule has 0 aliphatic heterocycles. The van der Waals surface area contributed by atoms with Gasteiger partial charge in [0.2, 0.25) is 5.91 Å². The van der Waals surface area contributed by atoms with E-state index in [4.69, 9.17) is 4.74 Å². The predicted molar refractivity (Wildman–Crippen MR) is 115 cm³/mol. The molecule has 1 saturated carbocycles. The van der Waals surface area contributed by atoms with E-state index in [1.54, 1.807) is 32.3 Å². The molecule has 1 aliphatic rings. The van der Waals surface area contributed by atoms with Crippen LogP contribution in [0.5, 0.6) is 0 Å². The molecule has 1 aromatic carbocycles.